The van der Waals surface area contributed by atoms with Gasteiger partial charge in [0.15, 0.2) is 18.3 Å². The lowest BCUT2D eigenvalue weighted by Gasteiger charge is -2.07. The molecular formula is C19H15Cl3N4O3. The van der Waals surface area contributed by atoms with Gasteiger partial charge in [0.25, 0.3) is 0 Å². The van der Waals surface area contributed by atoms with Crippen molar-refractivity contribution in [2.45, 2.75) is 13.7 Å². The summed E-state index contributed by atoms with van der Waals surface area (Å²) >= 11 is 17.9. The zero-order valence-electron chi connectivity index (χ0n) is 15.1. The first-order chi connectivity index (χ1) is 13.8. The molecule has 0 unspecified atom stereocenters. The number of amidine groups is 1. The number of hydrogen-bond acceptors (Lipinski definition) is 5. The van der Waals surface area contributed by atoms with E-state index in [-0.39, 0.29) is 23.3 Å². The molecule has 0 aliphatic heterocycles. The van der Waals surface area contributed by atoms with Crippen LogP contribution in [0, 0.1) is 6.92 Å². The molecule has 1 heterocycles. The number of nitrogens with two attached hydrogens (primary N) is 1. The van der Waals surface area contributed by atoms with Gasteiger partial charge in [-0.2, -0.15) is 5.10 Å². The molecule has 29 heavy (non-hydrogen) atoms. The summed E-state index contributed by atoms with van der Waals surface area (Å²) in [6.07, 6.45) is 1.57. The lowest BCUT2D eigenvalue weighted by molar-refractivity contribution is 0.0507. The summed E-state index contributed by atoms with van der Waals surface area (Å²) in [5.41, 5.74) is 7.13. The number of oxime groups is 1. The molecule has 3 rings (SSSR count). The van der Waals surface area contributed by atoms with Crippen molar-refractivity contribution in [2.75, 3.05) is 0 Å². The Morgan fingerprint density at radius 1 is 1.14 bits per heavy atom. The Morgan fingerprint density at radius 3 is 2.66 bits per heavy atom. The Kier molecular flexibility index (Phi) is 6.64. The van der Waals surface area contributed by atoms with Gasteiger partial charge in [-0.1, -0.05) is 40.0 Å². The number of hydrogen-bond donors (Lipinski definition) is 1. The van der Waals surface area contributed by atoms with Crippen LogP contribution in [0.1, 0.15) is 21.6 Å². The summed E-state index contributed by atoms with van der Waals surface area (Å²) in [6.45, 7) is 1.97. The summed E-state index contributed by atoms with van der Waals surface area (Å²) in [5, 5.41) is 9.08. The molecule has 2 N–H and O–H groups in total. The van der Waals surface area contributed by atoms with E-state index < -0.39 is 5.97 Å². The fourth-order valence-electron chi connectivity index (χ4n) is 2.27. The minimum atomic E-state index is -0.779. The number of aryl methyl sites for hydroxylation is 1. The topological polar surface area (TPSA) is 91.7 Å². The zero-order valence-corrected chi connectivity index (χ0v) is 17.4. The van der Waals surface area contributed by atoms with E-state index in [9.17, 15) is 4.79 Å². The second-order valence-electron chi connectivity index (χ2n) is 5.90. The van der Waals surface area contributed by atoms with Crippen LogP contribution in [0.3, 0.4) is 0 Å². The highest BCUT2D eigenvalue weighted by atomic mass is 35.5. The largest absolute Gasteiger partial charge is 0.471 e. The predicted molar refractivity (Wildman–Crippen MR) is 112 cm³/mol. The lowest BCUT2D eigenvalue weighted by atomic mass is 10.2. The molecule has 0 atom stereocenters. The number of nitrogens with zero attached hydrogens (tertiary/aromatic N) is 3. The third-order valence-electron chi connectivity index (χ3n) is 3.78. The number of benzene rings is 2. The van der Waals surface area contributed by atoms with Gasteiger partial charge in [-0.3, -0.25) is 0 Å². The molecule has 7 nitrogen and oxygen atoms in total. The van der Waals surface area contributed by atoms with Gasteiger partial charge in [-0.25, -0.2) is 9.48 Å². The summed E-state index contributed by atoms with van der Waals surface area (Å²) in [6, 6.07) is 11.4. The van der Waals surface area contributed by atoms with Crippen molar-refractivity contribution >= 4 is 46.6 Å². The predicted octanol–water partition coefficient (Wildman–Crippen LogP) is 4.67. The first kappa shape index (κ1) is 21.0. The van der Waals surface area contributed by atoms with E-state index in [1.165, 1.54) is 16.8 Å². The molecule has 0 fully saturated rings. The van der Waals surface area contributed by atoms with Gasteiger partial charge in [-0.15, -0.1) is 0 Å². The molecule has 0 aliphatic carbocycles. The van der Waals surface area contributed by atoms with E-state index in [4.69, 9.17) is 50.1 Å². The van der Waals surface area contributed by atoms with Gasteiger partial charge in [0, 0.05) is 21.8 Å². The van der Waals surface area contributed by atoms with Crippen molar-refractivity contribution in [1.82, 2.24) is 9.78 Å². The molecule has 2 aromatic carbocycles. The molecule has 0 saturated heterocycles. The molecule has 3 aromatic rings. The van der Waals surface area contributed by atoms with Crippen molar-refractivity contribution in [2.24, 2.45) is 10.9 Å². The van der Waals surface area contributed by atoms with Crippen molar-refractivity contribution in [3.05, 3.63) is 80.6 Å². The van der Waals surface area contributed by atoms with Gasteiger partial charge in [-0.05, 0) is 55.0 Å². The quantitative estimate of drug-likeness (QED) is 0.253. The second kappa shape index (κ2) is 9.17. The maximum Gasteiger partial charge on any atom is 0.385 e. The number of rotatable bonds is 6. The smallest absolute Gasteiger partial charge is 0.385 e. The minimum Gasteiger partial charge on any atom is -0.471 e. The summed E-state index contributed by atoms with van der Waals surface area (Å²) in [4.78, 5) is 17.0. The zero-order chi connectivity index (χ0) is 21.0. The monoisotopic (exact) mass is 452 g/mol. The van der Waals surface area contributed by atoms with Crippen molar-refractivity contribution in [1.29, 1.82) is 0 Å². The van der Waals surface area contributed by atoms with Crippen LogP contribution in [0.5, 0.6) is 5.75 Å². The molecular weight excluding hydrogens is 439 g/mol. The third-order valence-corrected chi connectivity index (χ3v) is 4.75. The standard InChI is InChI=1S/C19H15Cl3N4O3/c1-11-8-13(3-5-15(11)21)28-10-26-7-6-17(24-26)19(27)29-25-18(23)14-4-2-12(20)9-16(14)22/h2-9H,10H2,1H3,(H2,23,25). The van der Waals surface area contributed by atoms with Crippen molar-refractivity contribution < 1.29 is 14.4 Å². The van der Waals surface area contributed by atoms with Gasteiger partial charge < -0.3 is 15.3 Å². The Balaban J connectivity index is 1.60. The molecule has 0 spiro atoms. The minimum absolute atomic E-state index is 0.0413. The lowest BCUT2D eigenvalue weighted by Crippen LogP contribution is -2.16. The van der Waals surface area contributed by atoms with Crippen LogP contribution in [0.15, 0.2) is 53.8 Å². The van der Waals surface area contributed by atoms with Gasteiger partial charge in [0.2, 0.25) is 0 Å². The molecule has 1 aromatic heterocycles. The second-order valence-corrected chi connectivity index (χ2v) is 7.16. The molecule has 150 valence electrons. The summed E-state index contributed by atoms with van der Waals surface area (Å²) in [7, 11) is 0. The van der Waals surface area contributed by atoms with E-state index in [2.05, 4.69) is 10.3 Å². The first-order valence-corrected chi connectivity index (χ1v) is 9.39. The van der Waals surface area contributed by atoms with Gasteiger partial charge in [0.1, 0.15) is 5.75 Å². The summed E-state index contributed by atoms with van der Waals surface area (Å²) in [5.74, 6) is -0.219. The van der Waals surface area contributed by atoms with Gasteiger partial charge in [0.05, 0.1) is 5.02 Å². The number of ether oxygens (including phenoxy) is 1. The van der Waals surface area contributed by atoms with E-state index >= 15 is 0 Å². The Bertz CT molecular complexity index is 1080. The average Bonchev–Trinajstić information content (AvgIpc) is 3.16. The van der Waals surface area contributed by atoms with Crippen LogP contribution >= 0.6 is 34.8 Å². The van der Waals surface area contributed by atoms with Crippen LogP contribution in [0.2, 0.25) is 15.1 Å². The average molecular weight is 454 g/mol. The van der Waals surface area contributed by atoms with E-state index in [1.807, 2.05) is 6.92 Å². The molecule has 0 radical (unpaired) electrons. The molecule has 0 aliphatic rings. The van der Waals surface area contributed by atoms with E-state index in [1.54, 1.807) is 36.5 Å². The fourth-order valence-corrected chi connectivity index (χ4v) is 2.90. The van der Waals surface area contributed by atoms with Crippen molar-refractivity contribution in [3.63, 3.8) is 0 Å². The number of carbonyl (C=O) groups is 1. The summed E-state index contributed by atoms with van der Waals surface area (Å²) < 4.78 is 7.05. The van der Waals surface area contributed by atoms with Crippen molar-refractivity contribution in [3.8, 4) is 5.75 Å². The fraction of sp³-hybridized carbons (Fsp3) is 0.105. The van der Waals surface area contributed by atoms with Crippen LogP contribution in [-0.4, -0.2) is 21.6 Å². The third kappa shape index (κ3) is 5.41. The van der Waals surface area contributed by atoms with Gasteiger partial charge >= 0.3 is 5.97 Å². The molecule has 0 amide bonds. The Labute approximate surface area is 181 Å². The normalized spacial score (nSPS) is 11.4. The Hall–Kier alpha value is -2.74. The SMILES string of the molecule is Cc1cc(OCn2ccc(C(=O)O/N=C(\N)c3ccc(Cl)cc3Cl)n2)ccc1Cl. The van der Waals surface area contributed by atoms with Crippen LogP contribution in [0.4, 0.5) is 0 Å². The maximum absolute atomic E-state index is 12.1. The highest BCUT2D eigenvalue weighted by Crippen LogP contribution is 2.22. The number of halogens is 3. The van der Waals surface area contributed by atoms with Crippen LogP contribution in [-0.2, 0) is 11.6 Å². The number of carbonyl (C=O) groups excluding carboxylic acids is 1. The number of aromatic nitrogens is 2. The highest BCUT2D eigenvalue weighted by molar-refractivity contribution is 6.36. The molecule has 0 saturated carbocycles. The molecule has 10 heteroatoms. The van der Waals surface area contributed by atoms with Crippen LogP contribution < -0.4 is 10.5 Å². The Morgan fingerprint density at radius 2 is 1.93 bits per heavy atom. The van der Waals surface area contributed by atoms with Crippen LogP contribution in [0.25, 0.3) is 0 Å². The van der Waals surface area contributed by atoms with E-state index in [0.29, 0.717) is 21.4 Å². The first-order valence-electron chi connectivity index (χ1n) is 8.26. The molecule has 0 bridgehead atoms. The maximum atomic E-state index is 12.1. The highest BCUT2D eigenvalue weighted by Gasteiger charge is 2.13. The van der Waals surface area contributed by atoms with E-state index in [0.717, 1.165) is 5.56 Å².